The molecule has 0 atom stereocenters. The van der Waals surface area contributed by atoms with Crippen molar-refractivity contribution in [2.45, 2.75) is 40.0 Å². The van der Waals surface area contributed by atoms with Crippen LogP contribution >= 0.6 is 0 Å². The van der Waals surface area contributed by atoms with Gasteiger partial charge in [-0.25, -0.2) is 13.8 Å². The van der Waals surface area contributed by atoms with E-state index in [1.54, 1.807) is 6.92 Å². The molecule has 0 aliphatic carbocycles. The molecule has 0 aliphatic rings. The van der Waals surface area contributed by atoms with Crippen LogP contribution in [0.5, 0.6) is 0 Å². The van der Waals surface area contributed by atoms with E-state index >= 15 is 0 Å². The minimum absolute atomic E-state index is 0.0152. The van der Waals surface area contributed by atoms with Crippen molar-refractivity contribution in [3.63, 3.8) is 0 Å². The second-order valence-corrected chi connectivity index (χ2v) is 5.84. The van der Waals surface area contributed by atoms with Gasteiger partial charge in [-0.05, 0) is 19.8 Å². The first kappa shape index (κ1) is 19.7. The van der Waals surface area contributed by atoms with Gasteiger partial charge < -0.3 is 10.1 Å². The molecule has 0 fully saturated rings. The van der Waals surface area contributed by atoms with Crippen molar-refractivity contribution in [1.82, 2.24) is 19.7 Å². The highest BCUT2D eigenvalue weighted by Crippen LogP contribution is 2.28. The van der Waals surface area contributed by atoms with Gasteiger partial charge in [-0.15, -0.1) is 0 Å². The van der Waals surface area contributed by atoms with E-state index in [4.69, 9.17) is 4.74 Å². The monoisotopic (exact) mass is 368 g/mol. The van der Waals surface area contributed by atoms with Crippen LogP contribution in [0.1, 0.15) is 56.2 Å². The maximum Gasteiger partial charge on any atom is 0.313 e. The number of fused-ring (bicyclic) bond motifs is 1. The topological polar surface area (TPSA) is 85.6 Å². The Balaban J connectivity index is 2.31. The lowest BCUT2D eigenvalue weighted by molar-refractivity contribution is -0.155. The van der Waals surface area contributed by atoms with E-state index in [0.717, 1.165) is 0 Å². The Bertz CT molecular complexity index is 787. The van der Waals surface area contributed by atoms with Gasteiger partial charge in [-0.1, -0.05) is 13.8 Å². The van der Waals surface area contributed by atoms with Gasteiger partial charge in [-0.3, -0.25) is 19.0 Å². The van der Waals surface area contributed by atoms with Crippen LogP contribution in [0.15, 0.2) is 18.6 Å². The number of rotatable bonds is 8. The summed E-state index contributed by atoms with van der Waals surface area (Å²) in [5, 5.41) is 2.60. The van der Waals surface area contributed by atoms with Gasteiger partial charge in [0.05, 0.1) is 18.2 Å². The molecular formula is C17H22F2N4O3. The van der Waals surface area contributed by atoms with Gasteiger partial charge in [-0.2, -0.15) is 0 Å². The average Bonchev–Trinajstić information content (AvgIpc) is 3.03. The molecule has 1 amide bonds. The highest BCUT2D eigenvalue weighted by atomic mass is 19.3. The van der Waals surface area contributed by atoms with Crippen molar-refractivity contribution in [2.24, 2.45) is 5.41 Å². The van der Waals surface area contributed by atoms with Crippen LogP contribution in [0.4, 0.5) is 8.78 Å². The van der Waals surface area contributed by atoms with E-state index in [9.17, 15) is 18.4 Å². The number of hydrogen-bond donors (Lipinski definition) is 1. The summed E-state index contributed by atoms with van der Waals surface area (Å²) in [5.74, 6) is -1.14. The molecular weight excluding hydrogens is 346 g/mol. The molecule has 0 radical (unpaired) electrons. The Morgan fingerprint density at radius 2 is 2.00 bits per heavy atom. The van der Waals surface area contributed by atoms with Crippen molar-refractivity contribution in [3.8, 4) is 0 Å². The predicted octanol–water partition coefficient (Wildman–Crippen LogP) is 2.77. The number of esters is 1. The number of aromatic nitrogens is 3. The summed E-state index contributed by atoms with van der Waals surface area (Å²) in [4.78, 5) is 32.5. The molecule has 2 heterocycles. The molecule has 2 rings (SSSR count). The predicted molar refractivity (Wildman–Crippen MR) is 89.9 cm³/mol. The van der Waals surface area contributed by atoms with Gasteiger partial charge in [0.25, 0.3) is 12.3 Å². The molecule has 2 aromatic rings. The lowest BCUT2D eigenvalue weighted by atomic mass is 9.82. The first-order valence-electron chi connectivity index (χ1n) is 8.45. The summed E-state index contributed by atoms with van der Waals surface area (Å²) in [7, 11) is 0. The van der Waals surface area contributed by atoms with Gasteiger partial charge in [0.15, 0.2) is 5.65 Å². The molecule has 0 saturated heterocycles. The van der Waals surface area contributed by atoms with Gasteiger partial charge in [0.1, 0.15) is 11.4 Å². The number of carbonyl (C=O) groups is 2. The highest BCUT2D eigenvalue weighted by Gasteiger charge is 2.37. The van der Waals surface area contributed by atoms with Gasteiger partial charge >= 0.3 is 5.97 Å². The second-order valence-electron chi connectivity index (χ2n) is 5.84. The molecule has 0 aliphatic heterocycles. The normalized spacial score (nSPS) is 11.8. The molecule has 9 heteroatoms. The fourth-order valence-electron chi connectivity index (χ4n) is 2.78. The van der Waals surface area contributed by atoms with Gasteiger partial charge in [0.2, 0.25) is 0 Å². The maximum atomic E-state index is 13.3. The zero-order chi connectivity index (χ0) is 19.3. The fraction of sp³-hybridized carbons (Fsp3) is 0.529. The number of amides is 1. The van der Waals surface area contributed by atoms with E-state index in [0.29, 0.717) is 12.8 Å². The van der Waals surface area contributed by atoms with Crippen LogP contribution in [0, 0.1) is 5.41 Å². The van der Waals surface area contributed by atoms with E-state index in [1.165, 1.54) is 23.0 Å². The average molecular weight is 368 g/mol. The molecule has 0 saturated carbocycles. The number of nitrogens with one attached hydrogen (secondary N) is 1. The lowest BCUT2D eigenvalue weighted by Crippen LogP contribution is -2.43. The minimum Gasteiger partial charge on any atom is -0.466 e. The summed E-state index contributed by atoms with van der Waals surface area (Å²) in [6.45, 7) is 5.55. The Labute approximate surface area is 149 Å². The first-order valence-corrected chi connectivity index (χ1v) is 8.45. The molecule has 2 aromatic heterocycles. The van der Waals surface area contributed by atoms with Crippen LogP contribution in [-0.2, 0) is 9.53 Å². The third-order valence-electron chi connectivity index (χ3n) is 4.53. The van der Waals surface area contributed by atoms with E-state index in [-0.39, 0.29) is 24.5 Å². The fourth-order valence-corrected chi connectivity index (χ4v) is 2.78. The summed E-state index contributed by atoms with van der Waals surface area (Å²) in [5.41, 5.74) is -1.64. The SMILES string of the molecule is CCOC(=O)C(CC)(CC)CNC(=O)c1c(C(F)F)nc2cnccn12. The Morgan fingerprint density at radius 3 is 2.58 bits per heavy atom. The molecule has 0 unspecified atom stereocenters. The highest BCUT2D eigenvalue weighted by molar-refractivity contribution is 5.95. The summed E-state index contributed by atoms with van der Waals surface area (Å²) < 4.78 is 33.0. The number of carbonyl (C=O) groups excluding carboxylic acids is 2. The quantitative estimate of drug-likeness (QED) is 0.724. The molecule has 7 nitrogen and oxygen atoms in total. The molecule has 0 aromatic carbocycles. The summed E-state index contributed by atoms with van der Waals surface area (Å²) in [6.07, 6.45) is 2.04. The number of hydrogen-bond acceptors (Lipinski definition) is 5. The molecule has 1 N–H and O–H groups in total. The smallest absolute Gasteiger partial charge is 0.313 e. The van der Waals surface area contributed by atoms with Crippen molar-refractivity contribution < 1.29 is 23.1 Å². The minimum atomic E-state index is -2.91. The summed E-state index contributed by atoms with van der Waals surface area (Å²) in [6, 6.07) is 0. The van der Waals surface area contributed by atoms with Crippen molar-refractivity contribution in [2.75, 3.05) is 13.2 Å². The van der Waals surface area contributed by atoms with Crippen molar-refractivity contribution >= 4 is 17.5 Å². The lowest BCUT2D eigenvalue weighted by Gasteiger charge is -2.29. The third-order valence-corrected chi connectivity index (χ3v) is 4.53. The van der Waals surface area contributed by atoms with E-state index < -0.39 is 29.4 Å². The van der Waals surface area contributed by atoms with Crippen LogP contribution < -0.4 is 5.32 Å². The number of halogens is 2. The Kier molecular flexibility index (Phi) is 6.23. The molecule has 0 bridgehead atoms. The number of nitrogens with zero attached hydrogens (tertiary/aromatic N) is 3. The molecule has 142 valence electrons. The van der Waals surface area contributed by atoms with Crippen LogP contribution in [0.25, 0.3) is 5.65 Å². The zero-order valence-corrected chi connectivity index (χ0v) is 15.0. The van der Waals surface area contributed by atoms with Gasteiger partial charge in [0, 0.05) is 18.9 Å². The maximum absolute atomic E-state index is 13.3. The molecule has 26 heavy (non-hydrogen) atoms. The Hall–Kier alpha value is -2.58. The number of imidazole rings is 1. The number of alkyl halides is 2. The zero-order valence-electron chi connectivity index (χ0n) is 15.0. The Morgan fingerprint density at radius 1 is 1.31 bits per heavy atom. The third kappa shape index (κ3) is 3.66. The van der Waals surface area contributed by atoms with Crippen LogP contribution in [-0.4, -0.2) is 39.4 Å². The standard InChI is InChI=1S/C17H22F2N4O3/c1-4-17(5-2,16(25)26-6-3)10-21-15(24)13-12(14(18)19)22-11-9-20-7-8-23(11)13/h7-9,14H,4-6,10H2,1-3H3,(H,21,24). The van der Waals surface area contributed by atoms with Crippen molar-refractivity contribution in [3.05, 3.63) is 30.0 Å². The first-order chi connectivity index (χ1) is 12.4. The summed E-state index contributed by atoms with van der Waals surface area (Å²) >= 11 is 0. The van der Waals surface area contributed by atoms with E-state index in [2.05, 4.69) is 15.3 Å². The van der Waals surface area contributed by atoms with Crippen LogP contribution in [0.3, 0.4) is 0 Å². The number of ether oxygens (including phenoxy) is 1. The molecule has 0 spiro atoms. The van der Waals surface area contributed by atoms with E-state index in [1.807, 2.05) is 13.8 Å². The second kappa shape index (κ2) is 8.20. The van der Waals surface area contributed by atoms with Crippen molar-refractivity contribution in [1.29, 1.82) is 0 Å². The van der Waals surface area contributed by atoms with Crippen LogP contribution in [0.2, 0.25) is 0 Å². The largest absolute Gasteiger partial charge is 0.466 e.